The van der Waals surface area contributed by atoms with Gasteiger partial charge in [0.1, 0.15) is 0 Å². The molecule has 0 aliphatic rings. The fraction of sp³-hybridized carbons (Fsp3) is 0.250. The molecule has 0 fully saturated rings. The van der Waals surface area contributed by atoms with Crippen LogP contribution in [0.2, 0.25) is 0 Å². The summed E-state index contributed by atoms with van der Waals surface area (Å²) < 4.78 is 7.93. The molecule has 1 amide bonds. The maximum atomic E-state index is 12.5. The number of fused-ring (bicyclic) bond motifs is 1. The van der Waals surface area contributed by atoms with Gasteiger partial charge in [0.2, 0.25) is 0 Å². The molecule has 5 nitrogen and oxygen atoms in total. The van der Waals surface area contributed by atoms with Gasteiger partial charge in [-0.15, -0.1) is 0 Å². The van der Waals surface area contributed by atoms with E-state index in [4.69, 9.17) is 4.74 Å². The molecule has 0 N–H and O–H groups in total. The zero-order valence-electron chi connectivity index (χ0n) is 15.0. The van der Waals surface area contributed by atoms with E-state index in [1.54, 1.807) is 25.1 Å². The Labute approximate surface area is 155 Å². The molecule has 26 heavy (non-hydrogen) atoms. The Morgan fingerprint density at radius 2 is 1.92 bits per heavy atom. The average molecular weight is 368 g/mol. The first-order valence-electron chi connectivity index (χ1n) is 8.49. The molecule has 0 bridgehead atoms. The number of hydrogen-bond acceptors (Lipinski definition) is 4. The number of hydrogen-bond donors (Lipinski definition) is 0. The SMILES string of the molecule is CCOC(=O)c1ccc2c(c1)sc(=NC(=O)c1cccc(C)c1)n2CC. The fourth-order valence-electron chi connectivity index (χ4n) is 2.74. The maximum absolute atomic E-state index is 12.5. The maximum Gasteiger partial charge on any atom is 0.338 e. The summed E-state index contributed by atoms with van der Waals surface area (Å²) in [6, 6.07) is 12.8. The summed E-state index contributed by atoms with van der Waals surface area (Å²) in [7, 11) is 0. The van der Waals surface area contributed by atoms with E-state index in [0.717, 1.165) is 15.8 Å². The predicted molar refractivity (Wildman–Crippen MR) is 103 cm³/mol. The Balaban J connectivity index is 2.07. The molecule has 0 saturated carbocycles. The number of rotatable bonds is 4. The van der Waals surface area contributed by atoms with E-state index in [9.17, 15) is 9.59 Å². The van der Waals surface area contributed by atoms with Crippen molar-refractivity contribution in [1.29, 1.82) is 0 Å². The van der Waals surface area contributed by atoms with E-state index < -0.39 is 0 Å². The van der Waals surface area contributed by atoms with Crippen LogP contribution in [0.25, 0.3) is 10.2 Å². The number of carbonyl (C=O) groups is 2. The van der Waals surface area contributed by atoms with Crippen LogP contribution in [0.5, 0.6) is 0 Å². The topological polar surface area (TPSA) is 60.7 Å². The third-order valence-electron chi connectivity index (χ3n) is 3.97. The number of esters is 1. The second-order valence-corrected chi connectivity index (χ2v) is 6.83. The highest BCUT2D eigenvalue weighted by molar-refractivity contribution is 7.16. The molecule has 6 heteroatoms. The van der Waals surface area contributed by atoms with Gasteiger partial charge in [-0.3, -0.25) is 4.79 Å². The first kappa shape index (κ1) is 18.1. The normalized spacial score (nSPS) is 11.7. The van der Waals surface area contributed by atoms with Gasteiger partial charge in [0.05, 0.1) is 22.4 Å². The van der Waals surface area contributed by atoms with E-state index in [2.05, 4.69) is 4.99 Å². The molecule has 0 spiro atoms. The van der Waals surface area contributed by atoms with Crippen LogP contribution in [0, 0.1) is 6.92 Å². The molecule has 0 aliphatic carbocycles. The average Bonchev–Trinajstić information content (AvgIpc) is 2.97. The second kappa shape index (κ2) is 7.66. The predicted octanol–water partition coefficient (Wildman–Crippen LogP) is 3.95. The number of nitrogens with zero attached hydrogens (tertiary/aromatic N) is 2. The van der Waals surface area contributed by atoms with Crippen LogP contribution >= 0.6 is 11.3 Å². The highest BCUT2D eigenvalue weighted by atomic mass is 32.1. The Morgan fingerprint density at radius 1 is 1.12 bits per heavy atom. The summed E-state index contributed by atoms with van der Waals surface area (Å²) in [6.07, 6.45) is 0. The second-order valence-electron chi connectivity index (χ2n) is 5.82. The van der Waals surface area contributed by atoms with Gasteiger partial charge in [-0.05, 0) is 51.1 Å². The van der Waals surface area contributed by atoms with Crippen molar-refractivity contribution in [2.45, 2.75) is 27.3 Å². The van der Waals surface area contributed by atoms with Gasteiger partial charge in [-0.2, -0.15) is 4.99 Å². The number of benzene rings is 2. The molecule has 3 rings (SSSR count). The largest absolute Gasteiger partial charge is 0.462 e. The highest BCUT2D eigenvalue weighted by Crippen LogP contribution is 2.20. The summed E-state index contributed by atoms with van der Waals surface area (Å²) in [5.41, 5.74) is 3.03. The summed E-state index contributed by atoms with van der Waals surface area (Å²) in [6.45, 7) is 6.74. The Kier molecular flexibility index (Phi) is 5.32. The van der Waals surface area contributed by atoms with Crippen LogP contribution in [-0.4, -0.2) is 23.1 Å². The van der Waals surface area contributed by atoms with E-state index in [1.165, 1.54) is 11.3 Å². The molecule has 3 aromatic rings. The van der Waals surface area contributed by atoms with Crippen molar-refractivity contribution < 1.29 is 14.3 Å². The lowest BCUT2D eigenvalue weighted by Crippen LogP contribution is -2.15. The summed E-state index contributed by atoms with van der Waals surface area (Å²) in [4.78, 5) is 29.4. The van der Waals surface area contributed by atoms with Crippen molar-refractivity contribution in [3.05, 3.63) is 64.0 Å². The molecule has 1 aromatic heterocycles. The minimum atomic E-state index is -0.347. The Hall–Kier alpha value is -2.73. The van der Waals surface area contributed by atoms with Crippen LogP contribution in [0.15, 0.2) is 47.5 Å². The van der Waals surface area contributed by atoms with Crippen LogP contribution in [-0.2, 0) is 11.3 Å². The quantitative estimate of drug-likeness (QED) is 0.655. The van der Waals surface area contributed by atoms with Crippen LogP contribution in [0.4, 0.5) is 0 Å². The molecule has 0 aliphatic heterocycles. The van der Waals surface area contributed by atoms with Crippen molar-refractivity contribution in [1.82, 2.24) is 4.57 Å². The number of amides is 1. The number of carbonyl (C=O) groups excluding carboxylic acids is 2. The summed E-state index contributed by atoms with van der Waals surface area (Å²) in [5, 5.41) is 0. The van der Waals surface area contributed by atoms with Crippen molar-refractivity contribution in [3.8, 4) is 0 Å². The molecular weight excluding hydrogens is 348 g/mol. The zero-order chi connectivity index (χ0) is 18.7. The monoisotopic (exact) mass is 368 g/mol. The summed E-state index contributed by atoms with van der Waals surface area (Å²) >= 11 is 1.39. The standard InChI is InChI=1S/C20H20N2O3S/c1-4-22-16-10-9-15(19(24)25-5-2)12-17(16)26-20(22)21-18(23)14-8-6-7-13(3)11-14/h6-12H,4-5H2,1-3H3. The van der Waals surface area contributed by atoms with Crippen molar-refractivity contribution in [2.24, 2.45) is 4.99 Å². The minimum Gasteiger partial charge on any atom is -0.462 e. The summed E-state index contributed by atoms with van der Waals surface area (Å²) in [5.74, 6) is -0.617. The van der Waals surface area contributed by atoms with Gasteiger partial charge >= 0.3 is 5.97 Å². The lowest BCUT2D eigenvalue weighted by molar-refractivity contribution is 0.0526. The van der Waals surface area contributed by atoms with E-state index >= 15 is 0 Å². The zero-order valence-corrected chi connectivity index (χ0v) is 15.8. The van der Waals surface area contributed by atoms with E-state index in [0.29, 0.717) is 29.1 Å². The van der Waals surface area contributed by atoms with Crippen LogP contribution in [0.3, 0.4) is 0 Å². The molecule has 134 valence electrons. The van der Waals surface area contributed by atoms with Crippen molar-refractivity contribution >= 4 is 33.4 Å². The minimum absolute atomic E-state index is 0.270. The third-order valence-corrected chi connectivity index (χ3v) is 5.01. The lowest BCUT2D eigenvalue weighted by atomic mass is 10.1. The molecule has 0 saturated heterocycles. The van der Waals surface area contributed by atoms with E-state index in [-0.39, 0.29) is 11.9 Å². The van der Waals surface area contributed by atoms with E-state index in [1.807, 2.05) is 42.7 Å². The highest BCUT2D eigenvalue weighted by Gasteiger charge is 2.12. The first-order valence-corrected chi connectivity index (χ1v) is 9.31. The Bertz CT molecular complexity index is 1050. The molecule has 0 unspecified atom stereocenters. The molecule has 2 aromatic carbocycles. The van der Waals surface area contributed by atoms with Crippen LogP contribution < -0.4 is 4.80 Å². The first-order chi connectivity index (χ1) is 12.5. The molecular formula is C20H20N2O3S. The number of ether oxygens (including phenoxy) is 1. The third kappa shape index (κ3) is 3.60. The van der Waals surface area contributed by atoms with Gasteiger partial charge in [-0.25, -0.2) is 4.79 Å². The lowest BCUT2D eigenvalue weighted by Gasteiger charge is -2.03. The smallest absolute Gasteiger partial charge is 0.338 e. The van der Waals surface area contributed by atoms with Crippen molar-refractivity contribution in [2.75, 3.05) is 6.61 Å². The molecule has 0 radical (unpaired) electrons. The molecule has 1 heterocycles. The van der Waals surface area contributed by atoms with Crippen molar-refractivity contribution in [3.63, 3.8) is 0 Å². The number of aromatic nitrogens is 1. The van der Waals surface area contributed by atoms with Gasteiger partial charge in [0, 0.05) is 12.1 Å². The fourth-order valence-corrected chi connectivity index (χ4v) is 3.87. The van der Waals surface area contributed by atoms with Gasteiger partial charge in [-0.1, -0.05) is 29.0 Å². The van der Waals surface area contributed by atoms with Gasteiger partial charge in [0.15, 0.2) is 4.80 Å². The Morgan fingerprint density at radius 3 is 2.62 bits per heavy atom. The van der Waals surface area contributed by atoms with Crippen LogP contribution in [0.1, 0.15) is 40.1 Å². The van der Waals surface area contributed by atoms with Gasteiger partial charge in [0.25, 0.3) is 5.91 Å². The molecule has 0 atom stereocenters. The van der Waals surface area contributed by atoms with Gasteiger partial charge < -0.3 is 9.30 Å². The number of aryl methyl sites for hydroxylation is 2. The number of thiazole rings is 1.